The van der Waals surface area contributed by atoms with Crippen molar-refractivity contribution in [1.29, 1.82) is 0 Å². The van der Waals surface area contributed by atoms with Gasteiger partial charge in [-0.15, -0.1) is 0 Å². The van der Waals surface area contributed by atoms with Crippen molar-refractivity contribution in [2.45, 2.75) is 27.3 Å². The molecule has 1 amide bonds. The number of aryl methyl sites for hydroxylation is 3. The molecule has 1 saturated heterocycles. The Hall–Kier alpha value is -2.30. The van der Waals surface area contributed by atoms with Gasteiger partial charge in [-0.25, -0.2) is 0 Å². The lowest BCUT2D eigenvalue weighted by atomic mass is 10.2. The van der Waals surface area contributed by atoms with Crippen LogP contribution < -0.4 is 4.90 Å². The summed E-state index contributed by atoms with van der Waals surface area (Å²) in [5.74, 6) is 0.0455. The highest BCUT2D eigenvalue weighted by Crippen LogP contribution is 2.18. The van der Waals surface area contributed by atoms with Crippen molar-refractivity contribution in [3.63, 3.8) is 0 Å². The summed E-state index contributed by atoms with van der Waals surface area (Å²) in [6.07, 6.45) is 0. The maximum absolute atomic E-state index is 12.6. The van der Waals surface area contributed by atoms with Gasteiger partial charge in [0.05, 0.1) is 0 Å². The van der Waals surface area contributed by atoms with Gasteiger partial charge in [-0.3, -0.25) is 9.48 Å². The molecule has 0 aliphatic carbocycles. The average molecular weight is 312 g/mol. The number of aromatic nitrogens is 2. The van der Waals surface area contributed by atoms with Crippen LogP contribution in [0.5, 0.6) is 0 Å². The van der Waals surface area contributed by atoms with E-state index in [1.54, 1.807) is 0 Å². The maximum Gasteiger partial charge on any atom is 0.274 e. The predicted octanol–water partition coefficient (Wildman–Crippen LogP) is 2.48. The fraction of sp³-hybridized carbons (Fsp3) is 0.444. The molecule has 23 heavy (non-hydrogen) atoms. The summed E-state index contributed by atoms with van der Waals surface area (Å²) in [4.78, 5) is 16.9. The molecule has 1 aliphatic heterocycles. The topological polar surface area (TPSA) is 41.4 Å². The Morgan fingerprint density at radius 2 is 1.87 bits per heavy atom. The summed E-state index contributed by atoms with van der Waals surface area (Å²) >= 11 is 0. The molecular weight excluding hydrogens is 288 g/mol. The molecule has 0 radical (unpaired) electrons. The Labute approximate surface area is 137 Å². The minimum atomic E-state index is 0.0455. The van der Waals surface area contributed by atoms with Gasteiger partial charge in [0.25, 0.3) is 5.91 Å². The van der Waals surface area contributed by atoms with Crippen molar-refractivity contribution >= 4 is 11.6 Å². The monoisotopic (exact) mass is 312 g/mol. The summed E-state index contributed by atoms with van der Waals surface area (Å²) in [6.45, 7) is 10.1. The van der Waals surface area contributed by atoms with Crippen molar-refractivity contribution in [3.8, 4) is 0 Å². The molecule has 5 heteroatoms. The number of hydrogen-bond acceptors (Lipinski definition) is 3. The number of piperazine rings is 1. The number of nitrogens with zero attached hydrogens (tertiary/aromatic N) is 4. The molecule has 1 aliphatic rings. The average Bonchev–Trinajstić information content (AvgIpc) is 2.95. The van der Waals surface area contributed by atoms with E-state index in [1.165, 1.54) is 11.3 Å². The van der Waals surface area contributed by atoms with E-state index in [1.807, 2.05) is 29.5 Å². The van der Waals surface area contributed by atoms with Crippen LogP contribution in [0.2, 0.25) is 0 Å². The first-order valence-corrected chi connectivity index (χ1v) is 8.24. The summed E-state index contributed by atoms with van der Waals surface area (Å²) < 4.78 is 1.87. The number of benzene rings is 1. The van der Waals surface area contributed by atoms with Crippen molar-refractivity contribution in [2.75, 3.05) is 31.1 Å². The van der Waals surface area contributed by atoms with E-state index < -0.39 is 0 Å². The molecule has 0 bridgehead atoms. The molecule has 0 atom stereocenters. The van der Waals surface area contributed by atoms with E-state index in [0.29, 0.717) is 5.69 Å². The van der Waals surface area contributed by atoms with Crippen LogP contribution in [0.3, 0.4) is 0 Å². The lowest BCUT2D eigenvalue weighted by Gasteiger charge is -2.36. The molecule has 3 rings (SSSR count). The van der Waals surface area contributed by atoms with Gasteiger partial charge in [-0.1, -0.05) is 12.1 Å². The van der Waals surface area contributed by atoms with Gasteiger partial charge >= 0.3 is 0 Å². The first-order valence-electron chi connectivity index (χ1n) is 8.24. The van der Waals surface area contributed by atoms with Gasteiger partial charge in [0, 0.05) is 44.1 Å². The first-order chi connectivity index (χ1) is 11.1. The number of anilines is 1. The van der Waals surface area contributed by atoms with E-state index in [0.717, 1.165) is 38.4 Å². The largest absolute Gasteiger partial charge is 0.368 e. The number of carbonyl (C=O) groups excluding carboxylic acids is 1. The molecule has 1 aromatic carbocycles. The lowest BCUT2D eigenvalue weighted by Crippen LogP contribution is -2.49. The van der Waals surface area contributed by atoms with Crippen LogP contribution in [0.1, 0.15) is 28.7 Å². The predicted molar refractivity (Wildman–Crippen MR) is 91.9 cm³/mol. The SMILES string of the molecule is CCn1nc(C(=O)N2CCN(c3cccc(C)c3)CC2)cc1C. The van der Waals surface area contributed by atoms with E-state index in [2.05, 4.69) is 41.2 Å². The molecule has 1 aromatic heterocycles. The lowest BCUT2D eigenvalue weighted by molar-refractivity contribution is 0.0740. The molecule has 0 spiro atoms. The zero-order chi connectivity index (χ0) is 16.4. The van der Waals surface area contributed by atoms with Gasteiger partial charge < -0.3 is 9.80 Å². The number of carbonyl (C=O) groups is 1. The van der Waals surface area contributed by atoms with Crippen molar-refractivity contribution < 1.29 is 4.79 Å². The van der Waals surface area contributed by atoms with Crippen LogP contribution in [0.15, 0.2) is 30.3 Å². The zero-order valence-electron chi connectivity index (χ0n) is 14.1. The van der Waals surface area contributed by atoms with Gasteiger partial charge in [0.15, 0.2) is 5.69 Å². The Kier molecular flexibility index (Phi) is 4.37. The quantitative estimate of drug-likeness (QED) is 0.874. The Morgan fingerprint density at radius 3 is 2.48 bits per heavy atom. The second-order valence-corrected chi connectivity index (χ2v) is 6.10. The summed E-state index contributed by atoms with van der Waals surface area (Å²) in [5.41, 5.74) is 4.10. The van der Waals surface area contributed by atoms with Crippen LogP contribution in [0, 0.1) is 13.8 Å². The highest BCUT2D eigenvalue weighted by atomic mass is 16.2. The maximum atomic E-state index is 12.6. The van der Waals surface area contributed by atoms with Crippen molar-refractivity contribution in [3.05, 3.63) is 47.3 Å². The zero-order valence-corrected chi connectivity index (χ0v) is 14.1. The van der Waals surface area contributed by atoms with Crippen LogP contribution >= 0.6 is 0 Å². The second kappa shape index (κ2) is 6.44. The van der Waals surface area contributed by atoms with E-state index in [4.69, 9.17) is 0 Å². The second-order valence-electron chi connectivity index (χ2n) is 6.10. The van der Waals surface area contributed by atoms with Crippen molar-refractivity contribution in [1.82, 2.24) is 14.7 Å². The van der Waals surface area contributed by atoms with Gasteiger partial charge in [-0.05, 0) is 44.5 Å². The van der Waals surface area contributed by atoms with Gasteiger partial charge in [0.1, 0.15) is 0 Å². The molecule has 5 nitrogen and oxygen atoms in total. The molecular formula is C18H24N4O. The fourth-order valence-electron chi connectivity index (χ4n) is 3.09. The van der Waals surface area contributed by atoms with Crippen LogP contribution in [0.25, 0.3) is 0 Å². The first kappa shape index (κ1) is 15.6. The minimum absolute atomic E-state index is 0.0455. The standard InChI is InChI=1S/C18H24N4O/c1-4-22-15(3)13-17(19-22)18(23)21-10-8-20(9-11-21)16-7-5-6-14(2)12-16/h5-7,12-13H,4,8-11H2,1-3H3. The highest BCUT2D eigenvalue weighted by molar-refractivity contribution is 5.92. The third-order valence-corrected chi connectivity index (χ3v) is 4.43. The Morgan fingerprint density at radius 1 is 1.13 bits per heavy atom. The van der Waals surface area contributed by atoms with Crippen LogP contribution in [-0.2, 0) is 6.54 Å². The summed E-state index contributed by atoms with van der Waals surface area (Å²) in [6, 6.07) is 10.4. The Balaban J connectivity index is 1.65. The molecule has 0 N–H and O–H groups in total. The molecule has 122 valence electrons. The van der Waals surface area contributed by atoms with Crippen molar-refractivity contribution in [2.24, 2.45) is 0 Å². The fourth-order valence-corrected chi connectivity index (χ4v) is 3.09. The minimum Gasteiger partial charge on any atom is -0.368 e. The Bertz CT molecular complexity index is 699. The summed E-state index contributed by atoms with van der Waals surface area (Å²) in [7, 11) is 0. The number of hydrogen-bond donors (Lipinski definition) is 0. The smallest absolute Gasteiger partial charge is 0.274 e. The number of amides is 1. The summed E-state index contributed by atoms with van der Waals surface area (Å²) in [5, 5.41) is 4.40. The highest BCUT2D eigenvalue weighted by Gasteiger charge is 2.24. The van der Waals surface area contributed by atoms with E-state index in [-0.39, 0.29) is 5.91 Å². The molecule has 2 heterocycles. The molecule has 2 aromatic rings. The third-order valence-electron chi connectivity index (χ3n) is 4.43. The van der Waals surface area contributed by atoms with Crippen LogP contribution in [-0.4, -0.2) is 46.8 Å². The number of rotatable bonds is 3. The molecule has 0 unspecified atom stereocenters. The van der Waals surface area contributed by atoms with Crippen LogP contribution in [0.4, 0.5) is 5.69 Å². The molecule has 1 fully saturated rings. The van der Waals surface area contributed by atoms with Gasteiger partial charge in [0.2, 0.25) is 0 Å². The van der Waals surface area contributed by atoms with E-state index >= 15 is 0 Å². The normalized spacial score (nSPS) is 15.1. The van der Waals surface area contributed by atoms with E-state index in [9.17, 15) is 4.79 Å². The molecule has 0 saturated carbocycles. The van der Waals surface area contributed by atoms with Gasteiger partial charge in [-0.2, -0.15) is 5.10 Å². The third kappa shape index (κ3) is 3.23.